The molecule has 9 nitrogen and oxygen atoms in total. The van der Waals surface area contributed by atoms with Crippen molar-refractivity contribution in [2.24, 2.45) is 0 Å². The SMILES string of the molecule is N#Cc1c(NC(=O)/C=C/c2cccnc2)sc2c1CCC(OC(=O)N1CCC(O)[C@@H](O)C1)C2. The van der Waals surface area contributed by atoms with E-state index >= 15 is 0 Å². The molecule has 0 radical (unpaired) electrons. The molecule has 1 aliphatic heterocycles. The number of hydrogen-bond donors (Lipinski definition) is 3. The fraction of sp³-hybridized carbons (Fsp3) is 0.391. The average Bonchev–Trinajstić information content (AvgIpc) is 3.16. The molecule has 1 fully saturated rings. The minimum atomic E-state index is -0.974. The number of β-amino-alcohol motifs (C(OH)–C–C–N with tert-alkyl or cyclic N) is 1. The van der Waals surface area contributed by atoms with Gasteiger partial charge in [0.05, 0.1) is 24.3 Å². The van der Waals surface area contributed by atoms with E-state index in [1.165, 1.54) is 22.3 Å². The Bertz CT molecular complexity index is 1090. The van der Waals surface area contributed by atoms with Crippen LogP contribution in [0.5, 0.6) is 0 Å². The first kappa shape index (κ1) is 22.9. The van der Waals surface area contributed by atoms with Crippen LogP contribution in [0.1, 0.15) is 34.4 Å². The van der Waals surface area contributed by atoms with Crippen LogP contribution in [-0.2, 0) is 22.4 Å². The third kappa shape index (κ3) is 5.39. The largest absolute Gasteiger partial charge is 0.446 e. The van der Waals surface area contributed by atoms with Crippen molar-refractivity contribution in [1.29, 1.82) is 5.26 Å². The van der Waals surface area contributed by atoms with E-state index in [2.05, 4.69) is 16.4 Å². The number of carbonyl (C=O) groups excluding carboxylic acids is 2. The number of nitriles is 1. The Morgan fingerprint density at radius 2 is 2.18 bits per heavy atom. The fourth-order valence-electron chi connectivity index (χ4n) is 3.96. The lowest BCUT2D eigenvalue weighted by atomic mass is 9.94. The molecule has 2 aromatic heterocycles. The summed E-state index contributed by atoms with van der Waals surface area (Å²) in [6.45, 7) is 0.369. The maximum atomic E-state index is 12.5. The minimum absolute atomic E-state index is 0.0400. The molecule has 0 spiro atoms. The van der Waals surface area contributed by atoms with Crippen LogP contribution in [0.3, 0.4) is 0 Å². The molecule has 0 aromatic carbocycles. The van der Waals surface area contributed by atoms with Gasteiger partial charge in [0.1, 0.15) is 17.2 Å². The van der Waals surface area contributed by atoms with Crippen molar-refractivity contribution in [3.63, 3.8) is 0 Å². The van der Waals surface area contributed by atoms with Crippen LogP contribution >= 0.6 is 11.3 Å². The lowest BCUT2D eigenvalue weighted by Crippen LogP contribution is -2.49. The highest BCUT2D eigenvalue weighted by Gasteiger charge is 2.33. The van der Waals surface area contributed by atoms with E-state index in [9.17, 15) is 25.1 Å². The zero-order valence-corrected chi connectivity index (χ0v) is 18.6. The predicted octanol–water partition coefficient (Wildman–Crippen LogP) is 2.09. The summed E-state index contributed by atoms with van der Waals surface area (Å²) in [7, 11) is 0. The minimum Gasteiger partial charge on any atom is -0.446 e. The van der Waals surface area contributed by atoms with Crippen LogP contribution in [0, 0.1) is 11.3 Å². The zero-order chi connectivity index (χ0) is 23.4. The molecule has 1 saturated heterocycles. The van der Waals surface area contributed by atoms with E-state index in [0.29, 0.717) is 42.8 Å². The topological polar surface area (TPSA) is 136 Å². The molecular formula is C23H24N4O5S. The molecule has 33 heavy (non-hydrogen) atoms. The van der Waals surface area contributed by atoms with Gasteiger partial charge in [0.25, 0.3) is 0 Å². The van der Waals surface area contributed by atoms with E-state index in [1.807, 2.05) is 6.07 Å². The highest BCUT2D eigenvalue weighted by molar-refractivity contribution is 7.16. The van der Waals surface area contributed by atoms with Gasteiger partial charge in [0, 0.05) is 36.3 Å². The number of aliphatic hydroxyl groups is 2. The number of ether oxygens (including phenoxy) is 1. The van der Waals surface area contributed by atoms with Gasteiger partial charge in [0.2, 0.25) is 5.91 Å². The monoisotopic (exact) mass is 468 g/mol. The summed E-state index contributed by atoms with van der Waals surface area (Å²) in [4.78, 5) is 31.2. The van der Waals surface area contributed by atoms with Crippen LogP contribution in [0.15, 0.2) is 30.6 Å². The number of fused-ring (bicyclic) bond motifs is 1. The Kier molecular flexibility index (Phi) is 7.03. The molecule has 3 atom stereocenters. The van der Waals surface area contributed by atoms with Crippen molar-refractivity contribution >= 4 is 34.4 Å². The van der Waals surface area contributed by atoms with Gasteiger partial charge in [-0.3, -0.25) is 9.78 Å². The molecule has 1 aliphatic carbocycles. The number of pyridine rings is 1. The van der Waals surface area contributed by atoms with Gasteiger partial charge < -0.3 is 25.2 Å². The number of piperidine rings is 1. The molecule has 3 heterocycles. The van der Waals surface area contributed by atoms with Gasteiger partial charge in [-0.1, -0.05) is 6.07 Å². The van der Waals surface area contributed by atoms with E-state index < -0.39 is 18.3 Å². The van der Waals surface area contributed by atoms with Crippen LogP contribution < -0.4 is 5.32 Å². The second-order valence-electron chi connectivity index (χ2n) is 8.05. The lowest BCUT2D eigenvalue weighted by molar-refractivity contribution is -0.111. The summed E-state index contributed by atoms with van der Waals surface area (Å²) >= 11 is 1.32. The summed E-state index contributed by atoms with van der Waals surface area (Å²) in [5, 5.41) is 32.4. The number of hydrogen-bond acceptors (Lipinski definition) is 8. The second kappa shape index (κ2) is 10.1. The predicted molar refractivity (Wildman–Crippen MR) is 121 cm³/mol. The van der Waals surface area contributed by atoms with Crippen molar-refractivity contribution < 1.29 is 24.5 Å². The molecule has 2 aromatic rings. The third-order valence-electron chi connectivity index (χ3n) is 5.75. The second-order valence-corrected chi connectivity index (χ2v) is 9.15. The normalized spacial score (nSPS) is 22.5. The highest BCUT2D eigenvalue weighted by atomic mass is 32.1. The summed E-state index contributed by atoms with van der Waals surface area (Å²) < 4.78 is 5.64. The number of nitrogens with one attached hydrogen (secondary N) is 1. The first-order valence-electron chi connectivity index (χ1n) is 10.7. The number of rotatable bonds is 4. The molecule has 10 heteroatoms. The molecule has 2 aliphatic rings. The van der Waals surface area contributed by atoms with Gasteiger partial charge in [-0.2, -0.15) is 5.26 Å². The quantitative estimate of drug-likeness (QED) is 0.585. The molecule has 3 N–H and O–H groups in total. The summed E-state index contributed by atoms with van der Waals surface area (Å²) in [6.07, 6.45) is 5.56. The molecule has 2 amide bonds. The van der Waals surface area contributed by atoms with Gasteiger partial charge in [-0.15, -0.1) is 11.3 Å². The van der Waals surface area contributed by atoms with Crippen LogP contribution in [-0.4, -0.2) is 63.5 Å². The Hall–Kier alpha value is -3.26. The smallest absolute Gasteiger partial charge is 0.410 e. The number of carbonyl (C=O) groups is 2. The lowest BCUT2D eigenvalue weighted by Gasteiger charge is -2.34. The van der Waals surface area contributed by atoms with Crippen molar-refractivity contribution in [3.8, 4) is 6.07 Å². The molecule has 2 unspecified atom stereocenters. The van der Waals surface area contributed by atoms with Crippen LogP contribution in [0.25, 0.3) is 6.08 Å². The van der Waals surface area contributed by atoms with Gasteiger partial charge in [0.15, 0.2) is 0 Å². The number of nitrogens with zero attached hydrogens (tertiary/aromatic N) is 3. The van der Waals surface area contributed by atoms with Gasteiger partial charge in [-0.25, -0.2) is 4.79 Å². The number of aliphatic hydroxyl groups excluding tert-OH is 2. The molecule has 0 saturated carbocycles. The number of aromatic nitrogens is 1. The third-order valence-corrected chi connectivity index (χ3v) is 6.92. The maximum absolute atomic E-state index is 12.5. The van der Waals surface area contributed by atoms with E-state index in [-0.39, 0.29) is 18.6 Å². The van der Waals surface area contributed by atoms with Gasteiger partial charge in [-0.05, 0) is 42.5 Å². The molecular weight excluding hydrogens is 444 g/mol. The summed E-state index contributed by atoms with van der Waals surface area (Å²) in [6, 6.07) is 5.80. The van der Waals surface area contributed by atoms with Crippen molar-refractivity contribution in [1.82, 2.24) is 9.88 Å². The molecule has 4 rings (SSSR count). The molecule has 0 bridgehead atoms. The molecule has 172 valence electrons. The van der Waals surface area contributed by atoms with E-state index in [0.717, 1.165) is 16.0 Å². The fourth-order valence-corrected chi connectivity index (χ4v) is 5.23. The van der Waals surface area contributed by atoms with E-state index in [4.69, 9.17) is 4.74 Å². The standard InChI is InChI=1S/C23H24N4O5S/c24-11-17-16-5-4-15(32-23(31)27-9-7-18(28)19(29)13-27)10-20(16)33-22(17)26-21(30)6-3-14-2-1-8-25-12-14/h1-3,6,8,12,15,18-19,28-29H,4-5,7,9-10,13H2,(H,26,30)/b6-3+/t15?,18?,19-/m0/s1. The van der Waals surface area contributed by atoms with Crippen LogP contribution in [0.2, 0.25) is 0 Å². The number of amides is 2. The number of anilines is 1. The Morgan fingerprint density at radius 3 is 2.91 bits per heavy atom. The van der Waals surface area contributed by atoms with Crippen molar-refractivity contribution in [2.75, 3.05) is 18.4 Å². The first-order chi connectivity index (χ1) is 15.9. The Labute approximate surface area is 194 Å². The van der Waals surface area contributed by atoms with Crippen molar-refractivity contribution in [3.05, 3.63) is 52.2 Å². The van der Waals surface area contributed by atoms with E-state index in [1.54, 1.807) is 24.5 Å². The van der Waals surface area contributed by atoms with Gasteiger partial charge >= 0.3 is 6.09 Å². The zero-order valence-electron chi connectivity index (χ0n) is 17.8. The van der Waals surface area contributed by atoms with Crippen molar-refractivity contribution in [2.45, 2.75) is 44.0 Å². The first-order valence-corrected chi connectivity index (χ1v) is 11.5. The Morgan fingerprint density at radius 1 is 1.33 bits per heavy atom. The number of likely N-dealkylation sites (tertiary alicyclic amines) is 1. The summed E-state index contributed by atoms with van der Waals surface area (Å²) in [5.41, 5.74) is 2.13. The number of thiophene rings is 1. The Balaban J connectivity index is 1.39. The maximum Gasteiger partial charge on any atom is 0.410 e. The average molecular weight is 469 g/mol. The highest BCUT2D eigenvalue weighted by Crippen LogP contribution is 2.38. The van der Waals surface area contributed by atoms with Crippen LogP contribution in [0.4, 0.5) is 9.80 Å². The summed E-state index contributed by atoms with van der Waals surface area (Å²) in [5.74, 6) is -0.345.